The highest BCUT2D eigenvalue weighted by Gasteiger charge is 2.76. The van der Waals surface area contributed by atoms with Crippen LogP contribution < -0.4 is 9.38 Å². The van der Waals surface area contributed by atoms with Gasteiger partial charge in [0.15, 0.2) is 12.1 Å². The third-order valence-electron chi connectivity index (χ3n) is 10.3. The zero-order valence-corrected chi connectivity index (χ0v) is 26.1. The Hall–Kier alpha value is -2.55. The zero-order valence-electron chi connectivity index (χ0n) is 25.3. The van der Waals surface area contributed by atoms with E-state index in [1.165, 1.54) is 41.1 Å². The van der Waals surface area contributed by atoms with Gasteiger partial charge in [0.05, 0.1) is 12.0 Å². The van der Waals surface area contributed by atoms with Gasteiger partial charge in [0, 0.05) is 33.9 Å². The summed E-state index contributed by atoms with van der Waals surface area (Å²) in [4.78, 5) is 2.52. The van der Waals surface area contributed by atoms with Crippen LogP contribution in [0, 0.1) is 0 Å². The number of fused-ring (bicyclic) bond motifs is 4. The van der Waals surface area contributed by atoms with E-state index >= 15 is 0 Å². The first-order valence-electron chi connectivity index (χ1n) is 15.5. The predicted molar refractivity (Wildman–Crippen MR) is 173 cm³/mol. The molecular weight excluding hydrogens is 508 g/mol. The Morgan fingerprint density at radius 1 is 0.925 bits per heavy atom. The maximum atomic E-state index is 7.16. The molecule has 4 aliphatic rings. The van der Waals surface area contributed by atoms with Crippen molar-refractivity contribution in [2.45, 2.75) is 96.6 Å². The van der Waals surface area contributed by atoms with Crippen molar-refractivity contribution in [3.63, 3.8) is 0 Å². The molecule has 210 valence electrons. The van der Waals surface area contributed by atoms with Gasteiger partial charge in [-0.15, -0.1) is 0 Å². The Morgan fingerprint density at radius 2 is 1.65 bits per heavy atom. The van der Waals surface area contributed by atoms with E-state index < -0.39 is 0 Å². The minimum atomic E-state index is -0.0191. The maximum absolute atomic E-state index is 7.16. The number of para-hydroxylation sites is 2. The van der Waals surface area contributed by atoms with Gasteiger partial charge in [0.1, 0.15) is 5.69 Å². The van der Waals surface area contributed by atoms with Crippen molar-refractivity contribution < 1.29 is 0 Å². The van der Waals surface area contributed by atoms with E-state index in [0.29, 0.717) is 12.1 Å². The van der Waals surface area contributed by atoms with Crippen molar-refractivity contribution >= 4 is 23.0 Å². The topological polar surface area (TPSA) is 3.24 Å². The smallest absolute Gasteiger partial charge is 0.167 e. The van der Waals surface area contributed by atoms with Crippen LogP contribution >= 0.6 is 11.6 Å². The molecule has 0 amide bonds. The molecule has 40 heavy (non-hydrogen) atoms. The van der Waals surface area contributed by atoms with Gasteiger partial charge in [-0.05, 0) is 86.9 Å². The van der Waals surface area contributed by atoms with E-state index in [2.05, 4.69) is 119 Å². The minimum absolute atomic E-state index is 0.0191. The van der Waals surface area contributed by atoms with Crippen LogP contribution in [-0.2, 0) is 10.8 Å². The summed E-state index contributed by atoms with van der Waals surface area (Å²) in [6, 6.07) is 19.2. The van der Waals surface area contributed by atoms with Crippen molar-refractivity contribution in [2.24, 2.45) is 0 Å². The summed E-state index contributed by atoms with van der Waals surface area (Å²) in [5, 5.41) is 0.970. The molecule has 0 bridgehead atoms. The van der Waals surface area contributed by atoms with Gasteiger partial charge >= 0.3 is 0 Å². The van der Waals surface area contributed by atoms with E-state index in [1.807, 2.05) is 0 Å². The molecule has 3 aliphatic heterocycles. The number of allylic oxidation sites excluding steroid dienone is 7. The van der Waals surface area contributed by atoms with Gasteiger partial charge in [-0.2, -0.15) is 0 Å². The van der Waals surface area contributed by atoms with Gasteiger partial charge in [-0.1, -0.05) is 87.8 Å². The molecule has 2 nitrogen and oxygen atoms in total. The second-order valence-electron chi connectivity index (χ2n) is 13.4. The molecule has 0 saturated carbocycles. The van der Waals surface area contributed by atoms with Crippen LogP contribution in [0.4, 0.5) is 11.4 Å². The average molecular weight is 554 g/mol. The standard InChI is InChI=1S/C37H46ClN2/c1-7-24-39-30-18-11-9-16-28(30)36(3,4)33(39)23-21-27-15-13-14-26(34(27)38)20-22-32-35-37(5,6)29-17-10-12-19-31(29)40(32,35)25-8-2/h9-12,16-23,32,35H,7-8,13-15,24-25H2,1-6H3/q+1. The lowest BCUT2D eigenvalue weighted by Crippen LogP contribution is -2.31. The summed E-state index contributed by atoms with van der Waals surface area (Å²) < 4.78 is 1.12. The summed E-state index contributed by atoms with van der Waals surface area (Å²) in [5.41, 5.74) is 10.00. The first-order valence-corrected chi connectivity index (χ1v) is 15.9. The number of hydrogen-bond donors (Lipinski definition) is 0. The van der Waals surface area contributed by atoms with E-state index in [9.17, 15) is 0 Å². The van der Waals surface area contributed by atoms with Crippen LogP contribution in [-0.4, -0.2) is 25.2 Å². The Balaban J connectivity index is 1.30. The summed E-state index contributed by atoms with van der Waals surface area (Å²) in [6.45, 7) is 16.4. The molecule has 6 rings (SSSR count). The molecule has 2 aromatic carbocycles. The third-order valence-corrected chi connectivity index (χ3v) is 10.8. The van der Waals surface area contributed by atoms with E-state index in [4.69, 9.17) is 11.6 Å². The maximum Gasteiger partial charge on any atom is 0.167 e. The van der Waals surface area contributed by atoms with Crippen LogP contribution in [0.5, 0.6) is 0 Å². The molecule has 1 fully saturated rings. The lowest BCUT2D eigenvalue weighted by Gasteiger charge is -2.27. The first kappa shape index (κ1) is 27.6. The van der Waals surface area contributed by atoms with Crippen molar-refractivity contribution in [1.29, 1.82) is 0 Å². The molecular formula is C37H46ClN2+. The van der Waals surface area contributed by atoms with Gasteiger partial charge in [0.2, 0.25) is 0 Å². The molecule has 0 spiro atoms. The highest BCUT2D eigenvalue weighted by Crippen LogP contribution is 2.63. The average Bonchev–Trinajstić information content (AvgIpc) is 3.48. The highest BCUT2D eigenvalue weighted by molar-refractivity contribution is 6.32. The number of hydrogen-bond acceptors (Lipinski definition) is 1. The Morgan fingerprint density at radius 3 is 2.40 bits per heavy atom. The van der Waals surface area contributed by atoms with Crippen molar-refractivity contribution in [3.8, 4) is 0 Å². The monoisotopic (exact) mass is 553 g/mol. The van der Waals surface area contributed by atoms with E-state index in [-0.39, 0.29) is 10.8 Å². The fraction of sp³-hybridized carbons (Fsp3) is 0.459. The molecule has 3 atom stereocenters. The lowest BCUT2D eigenvalue weighted by atomic mass is 9.80. The molecule has 0 radical (unpaired) electrons. The van der Waals surface area contributed by atoms with Crippen molar-refractivity contribution in [1.82, 2.24) is 4.48 Å². The van der Waals surface area contributed by atoms with Gasteiger partial charge in [-0.3, -0.25) is 4.48 Å². The normalized spacial score (nSPS) is 29.8. The van der Waals surface area contributed by atoms with E-state index in [0.717, 1.165) is 41.7 Å². The third kappa shape index (κ3) is 4.01. The predicted octanol–water partition coefficient (Wildman–Crippen LogP) is 9.70. The molecule has 3 heteroatoms. The fourth-order valence-electron chi connectivity index (χ4n) is 8.51. The first-order chi connectivity index (χ1) is 19.2. The van der Waals surface area contributed by atoms with Crippen LogP contribution in [0.1, 0.15) is 84.8 Å². The van der Waals surface area contributed by atoms with Crippen LogP contribution in [0.15, 0.2) is 94.7 Å². The lowest BCUT2D eigenvalue weighted by molar-refractivity contribution is 0.437. The number of rotatable bonds is 7. The number of anilines is 1. The molecule has 3 heterocycles. The number of nitrogens with zero attached hydrogens (tertiary/aromatic N) is 2. The van der Waals surface area contributed by atoms with Crippen molar-refractivity contribution in [3.05, 3.63) is 106 Å². The SMILES string of the molecule is CCCN1C(=CC=C2CCCC(C=CC3C4C(C)(C)c5ccccc5[N+]34CCC)=C2Cl)C(C)(C)c2ccccc21. The van der Waals surface area contributed by atoms with Crippen LogP contribution in [0.25, 0.3) is 0 Å². The van der Waals surface area contributed by atoms with Crippen LogP contribution in [0.3, 0.4) is 0 Å². The second kappa shape index (κ2) is 10.1. The summed E-state index contributed by atoms with van der Waals surface area (Å²) >= 11 is 7.16. The largest absolute Gasteiger partial charge is 0.344 e. The molecule has 0 N–H and O–H groups in total. The summed E-state index contributed by atoms with van der Waals surface area (Å²) in [5.74, 6) is 0. The Bertz CT molecular complexity index is 1440. The molecule has 1 saturated heterocycles. The van der Waals surface area contributed by atoms with Gasteiger partial charge in [0.25, 0.3) is 0 Å². The quantitative estimate of drug-likeness (QED) is 0.243. The molecule has 3 unspecified atom stereocenters. The van der Waals surface area contributed by atoms with E-state index in [1.54, 1.807) is 11.3 Å². The molecule has 2 aromatic rings. The summed E-state index contributed by atoms with van der Waals surface area (Å²) in [6.07, 6.45) is 15.2. The number of halogens is 1. The second-order valence-corrected chi connectivity index (χ2v) is 13.8. The number of benzene rings is 2. The highest BCUT2D eigenvalue weighted by atomic mass is 35.5. The fourth-order valence-corrected chi connectivity index (χ4v) is 8.82. The Kier molecular flexibility index (Phi) is 6.95. The summed E-state index contributed by atoms with van der Waals surface area (Å²) in [7, 11) is 0. The minimum Gasteiger partial charge on any atom is -0.344 e. The molecule has 0 aromatic heterocycles. The molecule has 1 aliphatic carbocycles. The van der Waals surface area contributed by atoms with Gasteiger partial charge < -0.3 is 4.90 Å². The van der Waals surface area contributed by atoms with Crippen molar-refractivity contribution in [2.75, 3.05) is 18.0 Å². The zero-order chi connectivity index (χ0) is 28.3. The van der Waals surface area contributed by atoms with Crippen LogP contribution in [0.2, 0.25) is 0 Å². The van der Waals surface area contributed by atoms with Gasteiger partial charge in [-0.25, -0.2) is 0 Å². The Labute approximate surface area is 247 Å². The number of quaternary nitrogens is 1.